The lowest BCUT2D eigenvalue weighted by Crippen LogP contribution is -2.38. The molecule has 132 valence electrons. The van der Waals surface area contributed by atoms with E-state index in [0.29, 0.717) is 48.5 Å². The third-order valence-electron chi connectivity index (χ3n) is 4.07. The van der Waals surface area contributed by atoms with Crippen molar-refractivity contribution in [1.82, 2.24) is 9.55 Å². The van der Waals surface area contributed by atoms with E-state index in [9.17, 15) is 14.9 Å². The van der Waals surface area contributed by atoms with Gasteiger partial charge in [-0.2, -0.15) is 0 Å². The Kier molecular flexibility index (Phi) is 5.00. The summed E-state index contributed by atoms with van der Waals surface area (Å²) in [7, 11) is 0. The summed E-state index contributed by atoms with van der Waals surface area (Å²) in [5, 5.41) is 11.9. The molecule has 9 heteroatoms. The Morgan fingerprint density at radius 1 is 1.32 bits per heavy atom. The molecule has 0 unspecified atom stereocenters. The number of carbonyl (C=O) groups is 1. The van der Waals surface area contributed by atoms with Crippen LogP contribution in [0.15, 0.2) is 24.3 Å². The lowest BCUT2D eigenvalue weighted by Gasteiger charge is -2.28. The molecule has 0 saturated carbocycles. The maximum absolute atomic E-state index is 12.6. The highest BCUT2D eigenvalue weighted by atomic mass is 35.5. The van der Waals surface area contributed by atoms with Gasteiger partial charge in [0.15, 0.2) is 5.78 Å². The lowest BCUT2D eigenvalue weighted by molar-refractivity contribution is -0.388. The van der Waals surface area contributed by atoms with Gasteiger partial charge in [0.2, 0.25) is 11.6 Å². The molecule has 0 bridgehead atoms. The van der Waals surface area contributed by atoms with Crippen LogP contribution in [-0.2, 0) is 11.3 Å². The third-order valence-corrected chi connectivity index (χ3v) is 4.32. The van der Waals surface area contributed by atoms with E-state index >= 15 is 0 Å². The van der Waals surface area contributed by atoms with Crippen LogP contribution in [0.3, 0.4) is 0 Å². The summed E-state index contributed by atoms with van der Waals surface area (Å²) in [4.78, 5) is 29.4. The van der Waals surface area contributed by atoms with E-state index in [0.717, 1.165) is 0 Å². The fourth-order valence-corrected chi connectivity index (χ4v) is 2.93. The zero-order valence-corrected chi connectivity index (χ0v) is 14.4. The second-order valence-electron chi connectivity index (χ2n) is 5.68. The smallest absolute Gasteiger partial charge is 0.378 e. The molecule has 1 fully saturated rings. The molecule has 1 aliphatic heterocycles. The highest BCUT2D eigenvalue weighted by molar-refractivity contribution is 6.30. The van der Waals surface area contributed by atoms with E-state index in [1.165, 1.54) is 0 Å². The van der Waals surface area contributed by atoms with Crippen LogP contribution in [0.2, 0.25) is 5.02 Å². The Morgan fingerprint density at radius 3 is 2.56 bits per heavy atom. The first-order chi connectivity index (χ1) is 12.0. The molecule has 2 aromatic rings. The van der Waals surface area contributed by atoms with Gasteiger partial charge in [0, 0.05) is 30.6 Å². The number of ketones is 1. The van der Waals surface area contributed by atoms with E-state index in [1.54, 1.807) is 35.8 Å². The van der Waals surface area contributed by atoms with E-state index in [1.807, 2.05) is 4.90 Å². The Labute approximate surface area is 149 Å². The summed E-state index contributed by atoms with van der Waals surface area (Å²) in [6.07, 6.45) is 0. The molecule has 3 rings (SSSR count). The van der Waals surface area contributed by atoms with Gasteiger partial charge in [-0.3, -0.25) is 9.36 Å². The van der Waals surface area contributed by atoms with E-state index < -0.39 is 4.92 Å². The normalized spacial score (nSPS) is 14.6. The molecule has 0 atom stereocenters. The topological polar surface area (TPSA) is 90.5 Å². The van der Waals surface area contributed by atoms with Crippen molar-refractivity contribution in [1.29, 1.82) is 0 Å². The van der Waals surface area contributed by atoms with Crippen LogP contribution in [0.4, 0.5) is 11.6 Å². The first-order valence-corrected chi connectivity index (χ1v) is 8.18. The van der Waals surface area contributed by atoms with Gasteiger partial charge in [0.1, 0.15) is 0 Å². The average molecular weight is 365 g/mol. The number of nitrogens with zero attached hydrogens (tertiary/aromatic N) is 4. The van der Waals surface area contributed by atoms with Gasteiger partial charge in [0.25, 0.3) is 0 Å². The minimum atomic E-state index is -0.513. The Hall–Kier alpha value is -2.45. The maximum atomic E-state index is 12.6. The van der Waals surface area contributed by atoms with Crippen molar-refractivity contribution in [3.05, 3.63) is 50.8 Å². The Balaban J connectivity index is 1.95. The number of morpholine rings is 1. The monoisotopic (exact) mass is 364 g/mol. The van der Waals surface area contributed by atoms with Crippen molar-refractivity contribution in [3.8, 4) is 0 Å². The van der Waals surface area contributed by atoms with E-state index in [-0.39, 0.29) is 18.1 Å². The summed E-state index contributed by atoms with van der Waals surface area (Å²) in [6.45, 7) is 3.62. The third kappa shape index (κ3) is 3.64. The molecule has 8 nitrogen and oxygen atoms in total. The zero-order chi connectivity index (χ0) is 18.0. The molecule has 25 heavy (non-hydrogen) atoms. The minimum Gasteiger partial charge on any atom is -0.378 e. The van der Waals surface area contributed by atoms with Crippen LogP contribution in [0.1, 0.15) is 16.2 Å². The fourth-order valence-electron chi connectivity index (χ4n) is 2.81. The maximum Gasteiger partial charge on any atom is 0.406 e. The van der Waals surface area contributed by atoms with Crippen molar-refractivity contribution in [2.75, 3.05) is 31.2 Å². The molecule has 0 N–H and O–H groups in total. The highest BCUT2D eigenvalue weighted by Crippen LogP contribution is 2.30. The largest absolute Gasteiger partial charge is 0.406 e. The molecule has 0 radical (unpaired) electrons. The number of nitro groups is 1. The summed E-state index contributed by atoms with van der Waals surface area (Å²) in [6, 6.07) is 6.56. The van der Waals surface area contributed by atoms with Crippen LogP contribution >= 0.6 is 11.6 Å². The van der Waals surface area contributed by atoms with Gasteiger partial charge in [-0.1, -0.05) is 11.6 Å². The molecule has 0 aliphatic carbocycles. The van der Waals surface area contributed by atoms with Crippen molar-refractivity contribution in [3.63, 3.8) is 0 Å². The van der Waals surface area contributed by atoms with Crippen LogP contribution in [0.25, 0.3) is 0 Å². The number of carbonyl (C=O) groups excluding carboxylic acids is 1. The molecular weight excluding hydrogens is 348 g/mol. The number of rotatable bonds is 5. The first kappa shape index (κ1) is 17.4. The van der Waals surface area contributed by atoms with Crippen LogP contribution < -0.4 is 4.90 Å². The predicted octanol–water partition coefficient (Wildman–Crippen LogP) is 2.47. The molecule has 1 aliphatic rings. The number of hydrogen-bond donors (Lipinski definition) is 0. The van der Waals surface area contributed by atoms with Gasteiger partial charge < -0.3 is 19.8 Å². The number of hydrogen-bond acceptors (Lipinski definition) is 6. The summed E-state index contributed by atoms with van der Waals surface area (Å²) < 4.78 is 6.91. The molecule has 0 amide bonds. The van der Waals surface area contributed by atoms with Crippen molar-refractivity contribution >= 4 is 29.0 Å². The second kappa shape index (κ2) is 7.20. The quantitative estimate of drug-likeness (QED) is 0.460. The number of ether oxygens (including phenoxy) is 1. The zero-order valence-electron chi connectivity index (χ0n) is 13.6. The average Bonchev–Trinajstić information content (AvgIpc) is 2.93. The number of anilines is 1. The predicted molar refractivity (Wildman–Crippen MR) is 92.4 cm³/mol. The van der Waals surface area contributed by atoms with Gasteiger partial charge in [-0.05, 0) is 34.2 Å². The number of benzene rings is 1. The van der Waals surface area contributed by atoms with Gasteiger partial charge >= 0.3 is 5.82 Å². The number of imidazole rings is 1. The van der Waals surface area contributed by atoms with Crippen molar-refractivity contribution in [2.24, 2.45) is 0 Å². The van der Waals surface area contributed by atoms with Crippen LogP contribution in [-0.4, -0.2) is 46.6 Å². The van der Waals surface area contributed by atoms with E-state index in [4.69, 9.17) is 16.3 Å². The lowest BCUT2D eigenvalue weighted by atomic mass is 10.1. The second-order valence-corrected chi connectivity index (χ2v) is 6.12. The number of Topliss-reactive ketones (excluding diaryl/α,β-unsaturated/α-hetero) is 1. The van der Waals surface area contributed by atoms with Crippen molar-refractivity contribution in [2.45, 2.75) is 13.5 Å². The molecule has 1 saturated heterocycles. The Morgan fingerprint density at radius 2 is 1.96 bits per heavy atom. The van der Waals surface area contributed by atoms with Gasteiger partial charge in [-0.15, -0.1) is 0 Å². The standard InChI is InChI=1S/C16H17ClN4O4/c1-11-18-15(21(23)24)16(19-6-8-25-9-7-19)20(11)10-14(22)12-2-4-13(17)5-3-12/h2-5H,6-10H2,1H3. The number of aromatic nitrogens is 2. The van der Waals surface area contributed by atoms with Crippen LogP contribution in [0.5, 0.6) is 0 Å². The SMILES string of the molecule is Cc1nc([N+](=O)[O-])c(N2CCOCC2)n1CC(=O)c1ccc(Cl)cc1. The molecule has 0 spiro atoms. The Bertz CT molecular complexity index is 797. The first-order valence-electron chi connectivity index (χ1n) is 7.80. The fraction of sp³-hybridized carbons (Fsp3) is 0.375. The highest BCUT2D eigenvalue weighted by Gasteiger charge is 2.31. The number of halogens is 1. The summed E-state index contributed by atoms with van der Waals surface area (Å²) in [5.41, 5.74) is 0.494. The van der Waals surface area contributed by atoms with Gasteiger partial charge in [-0.25, -0.2) is 0 Å². The van der Waals surface area contributed by atoms with Crippen LogP contribution in [0, 0.1) is 17.0 Å². The molecular formula is C16H17ClN4O4. The number of aryl methyl sites for hydroxylation is 1. The molecule has 2 heterocycles. The molecule has 1 aromatic heterocycles. The van der Waals surface area contributed by atoms with Crippen molar-refractivity contribution < 1.29 is 14.5 Å². The molecule has 1 aromatic carbocycles. The minimum absolute atomic E-state index is 0.0268. The summed E-state index contributed by atoms with van der Waals surface area (Å²) in [5.74, 6) is 0.383. The van der Waals surface area contributed by atoms with Gasteiger partial charge in [0.05, 0.1) is 19.8 Å². The summed E-state index contributed by atoms with van der Waals surface area (Å²) >= 11 is 5.85. The van der Waals surface area contributed by atoms with E-state index in [2.05, 4.69) is 4.98 Å².